The second-order valence-electron chi connectivity index (χ2n) is 4.78. The van der Waals surface area contributed by atoms with Gasteiger partial charge in [-0.25, -0.2) is 4.98 Å². The Morgan fingerprint density at radius 1 is 1.50 bits per heavy atom. The molecule has 2 aromatic rings. The number of fused-ring (bicyclic) bond motifs is 1. The summed E-state index contributed by atoms with van der Waals surface area (Å²) in [6, 6.07) is 5.81. The van der Waals surface area contributed by atoms with E-state index in [-0.39, 0.29) is 5.25 Å². The van der Waals surface area contributed by atoms with E-state index in [1.54, 1.807) is 6.26 Å². The van der Waals surface area contributed by atoms with Crippen LogP contribution in [0.2, 0.25) is 0 Å². The van der Waals surface area contributed by atoms with Crippen molar-refractivity contribution < 1.29 is 8.95 Å². The van der Waals surface area contributed by atoms with Gasteiger partial charge < -0.3 is 15.0 Å². The van der Waals surface area contributed by atoms with Crippen molar-refractivity contribution in [1.29, 1.82) is 0 Å². The minimum atomic E-state index is -0.819. The van der Waals surface area contributed by atoms with Crippen molar-refractivity contribution in [3.63, 3.8) is 0 Å². The number of benzene rings is 1. The number of anilines is 1. The number of nitrogen functional groups attached to an aromatic ring is 1. The number of imidazole rings is 1. The number of nitrogens with two attached hydrogens (primary N) is 1. The summed E-state index contributed by atoms with van der Waals surface area (Å²) in [6.45, 7) is 5.23. The number of ether oxygens (including phenoxy) is 1. The highest BCUT2D eigenvalue weighted by Gasteiger charge is 2.14. The van der Waals surface area contributed by atoms with Crippen LogP contribution in [0.4, 0.5) is 5.95 Å². The topological polar surface area (TPSA) is 70.1 Å². The van der Waals surface area contributed by atoms with Crippen LogP contribution in [0.5, 0.6) is 5.75 Å². The van der Waals surface area contributed by atoms with Crippen LogP contribution in [0.1, 0.15) is 20.3 Å². The predicted molar refractivity (Wildman–Crippen MR) is 83.5 cm³/mol. The van der Waals surface area contributed by atoms with Gasteiger partial charge in [0.2, 0.25) is 5.95 Å². The SMILES string of the molecule is CCOc1cccc2c1nc(N)n2CCC(C)S(C)=O. The van der Waals surface area contributed by atoms with Gasteiger partial charge in [0.15, 0.2) is 0 Å². The highest BCUT2D eigenvalue weighted by atomic mass is 32.2. The molecule has 5 nitrogen and oxygen atoms in total. The Kier molecular flexibility index (Phi) is 4.65. The number of aryl methyl sites for hydroxylation is 1. The molecule has 0 radical (unpaired) electrons. The summed E-state index contributed by atoms with van der Waals surface area (Å²) >= 11 is 0. The van der Waals surface area contributed by atoms with Crippen LogP contribution >= 0.6 is 0 Å². The average Bonchev–Trinajstić information content (AvgIpc) is 2.73. The molecule has 2 N–H and O–H groups in total. The maximum Gasteiger partial charge on any atom is 0.201 e. The number of aromatic nitrogens is 2. The lowest BCUT2D eigenvalue weighted by atomic mass is 10.2. The molecule has 0 fully saturated rings. The fourth-order valence-corrected chi connectivity index (χ4v) is 2.56. The zero-order valence-electron chi connectivity index (χ0n) is 12.1. The third kappa shape index (κ3) is 2.95. The van der Waals surface area contributed by atoms with Gasteiger partial charge in [0.05, 0.1) is 12.1 Å². The Bertz CT molecular complexity index is 624. The first kappa shape index (κ1) is 14.8. The largest absolute Gasteiger partial charge is 0.492 e. The van der Waals surface area contributed by atoms with Gasteiger partial charge in [0.25, 0.3) is 0 Å². The van der Waals surface area contributed by atoms with E-state index in [1.807, 2.05) is 36.6 Å². The van der Waals surface area contributed by atoms with Crippen LogP contribution in [0, 0.1) is 0 Å². The molecule has 2 rings (SSSR count). The minimum absolute atomic E-state index is 0.141. The van der Waals surface area contributed by atoms with Crippen LogP contribution in [-0.4, -0.2) is 31.9 Å². The summed E-state index contributed by atoms with van der Waals surface area (Å²) in [4.78, 5) is 4.39. The summed E-state index contributed by atoms with van der Waals surface area (Å²) in [5.74, 6) is 1.23. The van der Waals surface area contributed by atoms with Gasteiger partial charge in [-0.05, 0) is 25.5 Å². The molecule has 1 aromatic heterocycles. The molecule has 0 aliphatic carbocycles. The highest BCUT2D eigenvalue weighted by Crippen LogP contribution is 2.27. The van der Waals surface area contributed by atoms with Crippen molar-refractivity contribution in [3.8, 4) is 5.75 Å². The van der Waals surface area contributed by atoms with Crippen LogP contribution in [0.25, 0.3) is 11.0 Å². The third-order valence-corrected chi connectivity index (χ3v) is 4.77. The van der Waals surface area contributed by atoms with Crippen molar-refractivity contribution in [3.05, 3.63) is 18.2 Å². The smallest absolute Gasteiger partial charge is 0.201 e. The fraction of sp³-hybridized carbons (Fsp3) is 0.500. The predicted octanol–water partition coefficient (Wildman–Crippen LogP) is 2.17. The molecule has 0 spiro atoms. The average molecular weight is 295 g/mol. The second-order valence-corrected chi connectivity index (χ2v) is 6.58. The van der Waals surface area contributed by atoms with Crippen molar-refractivity contribution >= 4 is 27.8 Å². The maximum absolute atomic E-state index is 11.4. The second kappa shape index (κ2) is 6.26. The number of rotatable bonds is 6. The molecule has 0 bridgehead atoms. The summed E-state index contributed by atoms with van der Waals surface area (Å²) in [5.41, 5.74) is 7.75. The molecule has 110 valence electrons. The summed E-state index contributed by atoms with van der Waals surface area (Å²) in [7, 11) is -0.819. The molecule has 0 amide bonds. The molecule has 0 aliphatic rings. The van der Waals surface area contributed by atoms with E-state index >= 15 is 0 Å². The van der Waals surface area contributed by atoms with E-state index in [0.29, 0.717) is 19.1 Å². The standard InChI is InChI=1S/C14H21N3O2S/c1-4-19-12-7-5-6-11-13(12)16-14(15)17(11)9-8-10(2)20(3)18/h5-7,10H,4,8-9H2,1-3H3,(H2,15,16). The van der Waals surface area contributed by atoms with E-state index in [4.69, 9.17) is 10.5 Å². The lowest BCUT2D eigenvalue weighted by Gasteiger charge is -2.11. The normalized spacial score (nSPS) is 14.3. The lowest BCUT2D eigenvalue weighted by Crippen LogP contribution is -2.13. The molecule has 0 saturated heterocycles. The van der Waals surface area contributed by atoms with E-state index in [2.05, 4.69) is 4.98 Å². The van der Waals surface area contributed by atoms with E-state index in [0.717, 1.165) is 23.2 Å². The van der Waals surface area contributed by atoms with Crippen LogP contribution in [0.15, 0.2) is 18.2 Å². The summed E-state index contributed by atoms with van der Waals surface area (Å²) in [6.07, 6.45) is 2.53. The van der Waals surface area contributed by atoms with Crippen molar-refractivity contribution in [2.45, 2.75) is 32.1 Å². The zero-order chi connectivity index (χ0) is 14.7. The van der Waals surface area contributed by atoms with Gasteiger partial charge in [0.1, 0.15) is 11.3 Å². The van der Waals surface area contributed by atoms with E-state index < -0.39 is 10.8 Å². The highest BCUT2D eigenvalue weighted by molar-refractivity contribution is 7.84. The van der Waals surface area contributed by atoms with Crippen LogP contribution in [-0.2, 0) is 17.3 Å². The van der Waals surface area contributed by atoms with Crippen LogP contribution < -0.4 is 10.5 Å². The summed E-state index contributed by atoms with van der Waals surface area (Å²) < 4.78 is 19.0. The Hall–Kier alpha value is -1.56. The van der Waals surface area contributed by atoms with Gasteiger partial charge in [-0.3, -0.25) is 4.21 Å². The van der Waals surface area contributed by atoms with Crippen LogP contribution in [0.3, 0.4) is 0 Å². The number of nitrogens with zero attached hydrogens (tertiary/aromatic N) is 2. The molecular formula is C14H21N3O2S. The Labute approximate surface area is 121 Å². The number of hydrogen-bond donors (Lipinski definition) is 1. The van der Waals surface area contributed by atoms with Gasteiger partial charge in [0, 0.05) is 28.9 Å². The van der Waals surface area contributed by atoms with Gasteiger partial charge in [-0.1, -0.05) is 13.0 Å². The lowest BCUT2D eigenvalue weighted by molar-refractivity contribution is 0.343. The minimum Gasteiger partial charge on any atom is -0.492 e. The van der Waals surface area contributed by atoms with Crippen molar-refractivity contribution in [1.82, 2.24) is 9.55 Å². The first-order valence-electron chi connectivity index (χ1n) is 6.74. The molecule has 6 heteroatoms. The molecule has 2 atom stereocenters. The first-order chi connectivity index (χ1) is 9.54. The number of para-hydroxylation sites is 1. The summed E-state index contributed by atoms with van der Waals surface area (Å²) in [5, 5.41) is 0.141. The fourth-order valence-electron chi connectivity index (χ4n) is 2.12. The molecule has 2 unspecified atom stereocenters. The van der Waals surface area contributed by atoms with Crippen molar-refractivity contribution in [2.24, 2.45) is 0 Å². The molecular weight excluding hydrogens is 274 g/mol. The van der Waals surface area contributed by atoms with Gasteiger partial charge in [-0.15, -0.1) is 0 Å². The Balaban J connectivity index is 2.32. The third-order valence-electron chi connectivity index (χ3n) is 3.40. The van der Waals surface area contributed by atoms with Gasteiger partial charge in [-0.2, -0.15) is 0 Å². The first-order valence-corrected chi connectivity index (χ1v) is 8.36. The quantitative estimate of drug-likeness (QED) is 0.886. The maximum atomic E-state index is 11.4. The zero-order valence-corrected chi connectivity index (χ0v) is 12.9. The molecule has 1 aromatic carbocycles. The Morgan fingerprint density at radius 3 is 2.90 bits per heavy atom. The van der Waals surface area contributed by atoms with Gasteiger partial charge >= 0.3 is 0 Å². The molecule has 0 saturated carbocycles. The molecule has 1 heterocycles. The van der Waals surface area contributed by atoms with E-state index in [1.165, 1.54) is 0 Å². The monoisotopic (exact) mass is 295 g/mol. The molecule has 0 aliphatic heterocycles. The van der Waals surface area contributed by atoms with E-state index in [9.17, 15) is 4.21 Å². The number of hydrogen-bond acceptors (Lipinski definition) is 4. The van der Waals surface area contributed by atoms with Crippen molar-refractivity contribution in [2.75, 3.05) is 18.6 Å². The Morgan fingerprint density at radius 2 is 2.25 bits per heavy atom. The molecule has 20 heavy (non-hydrogen) atoms.